The van der Waals surface area contributed by atoms with Crippen molar-refractivity contribution in [1.82, 2.24) is 4.31 Å². The molecular formula is C11H9NO5S. The van der Waals surface area contributed by atoms with Gasteiger partial charge in [0.1, 0.15) is 10.9 Å². The Morgan fingerprint density at radius 1 is 1.22 bits per heavy atom. The number of cyclic esters (lactones) is 1. The van der Waals surface area contributed by atoms with Crippen molar-refractivity contribution in [3.8, 4) is 0 Å². The third-order valence-electron chi connectivity index (χ3n) is 3.05. The summed E-state index contributed by atoms with van der Waals surface area (Å²) < 4.78 is 29.8. The third-order valence-corrected chi connectivity index (χ3v) is 4.90. The summed E-state index contributed by atoms with van der Waals surface area (Å²) in [5.74, 6) is -1.32. The van der Waals surface area contributed by atoms with Crippen LogP contribution in [-0.4, -0.2) is 37.2 Å². The van der Waals surface area contributed by atoms with Crippen LogP contribution in [0.5, 0.6) is 0 Å². The number of esters is 1. The number of fused-ring (bicyclic) bond motifs is 1. The topological polar surface area (TPSA) is 80.8 Å². The first kappa shape index (κ1) is 11.2. The summed E-state index contributed by atoms with van der Waals surface area (Å²) in [6, 6.07) is 4.90. The van der Waals surface area contributed by atoms with Crippen LogP contribution >= 0.6 is 0 Å². The van der Waals surface area contributed by atoms with Crippen LogP contribution < -0.4 is 0 Å². The molecule has 1 aromatic carbocycles. The molecule has 0 unspecified atom stereocenters. The van der Waals surface area contributed by atoms with Gasteiger partial charge in [0, 0.05) is 6.42 Å². The van der Waals surface area contributed by atoms with Crippen molar-refractivity contribution in [3.05, 3.63) is 29.8 Å². The number of hydrogen-bond acceptors (Lipinski definition) is 5. The van der Waals surface area contributed by atoms with E-state index in [0.29, 0.717) is 4.31 Å². The number of nitrogens with zero attached hydrogens (tertiary/aromatic N) is 1. The van der Waals surface area contributed by atoms with Crippen molar-refractivity contribution in [2.45, 2.75) is 17.4 Å². The number of carbonyl (C=O) groups excluding carboxylic acids is 2. The lowest BCUT2D eigenvalue weighted by Crippen LogP contribution is -2.42. The zero-order valence-electron chi connectivity index (χ0n) is 9.20. The van der Waals surface area contributed by atoms with E-state index in [2.05, 4.69) is 0 Å². The molecule has 2 aliphatic heterocycles. The first-order chi connectivity index (χ1) is 8.53. The number of rotatable bonds is 1. The minimum atomic E-state index is -3.93. The van der Waals surface area contributed by atoms with Gasteiger partial charge >= 0.3 is 5.97 Å². The van der Waals surface area contributed by atoms with Gasteiger partial charge in [-0.2, -0.15) is 0 Å². The van der Waals surface area contributed by atoms with Crippen molar-refractivity contribution in [3.63, 3.8) is 0 Å². The lowest BCUT2D eigenvalue weighted by molar-refractivity contribution is -0.140. The Kier molecular flexibility index (Phi) is 2.21. The second-order valence-corrected chi connectivity index (χ2v) is 5.86. The highest BCUT2D eigenvalue weighted by Gasteiger charge is 2.49. The summed E-state index contributed by atoms with van der Waals surface area (Å²) in [5, 5.41) is 0. The summed E-state index contributed by atoms with van der Waals surface area (Å²) in [4.78, 5) is 23.5. The molecule has 0 radical (unpaired) electrons. The van der Waals surface area contributed by atoms with E-state index in [-0.39, 0.29) is 23.5 Å². The smallest absolute Gasteiger partial charge is 0.330 e. The van der Waals surface area contributed by atoms with E-state index in [1.54, 1.807) is 12.1 Å². The summed E-state index contributed by atoms with van der Waals surface area (Å²) in [7, 11) is -3.93. The van der Waals surface area contributed by atoms with Gasteiger partial charge in [-0.15, -0.1) is 0 Å². The highest BCUT2D eigenvalue weighted by atomic mass is 32.2. The van der Waals surface area contributed by atoms with E-state index >= 15 is 0 Å². The van der Waals surface area contributed by atoms with Crippen molar-refractivity contribution >= 4 is 21.9 Å². The Balaban J connectivity index is 2.15. The number of hydrogen-bond donors (Lipinski definition) is 0. The quantitative estimate of drug-likeness (QED) is 0.676. The molecule has 0 bridgehead atoms. The highest BCUT2D eigenvalue weighted by Crippen LogP contribution is 2.33. The van der Waals surface area contributed by atoms with E-state index in [9.17, 15) is 18.0 Å². The molecule has 0 saturated carbocycles. The van der Waals surface area contributed by atoms with Gasteiger partial charge in [-0.1, -0.05) is 12.1 Å². The molecule has 18 heavy (non-hydrogen) atoms. The molecule has 2 aliphatic rings. The van der Waals surface area contributed by atoms with Gasteiger partial charge in [0.2, 0.25) is 0 Å². The number of carbonyl (C=O) groups is 2. The molecule has 1 aromatic rings. The maximum atomic E-state index is 12.2. The minimum Gasteiger partial charge on any atom is -0.464 e. The Hall–Kier alpha value is -1.89. The molecule has 6 nitrogen and oxygen atoms in total. The van der Waals surface area contributed by atoms with Crippen LogP contribution in [0, 0.1) is 0 Å². The van der Waals surface area contributed by atoms with Gasteiger partial charge in [0.25, 0.3) is 15.9 Å². The number of sulfonamides is 1. The van der Waals surface area contributed by atoms with Gasteiger partial charge in [0.15, 0.2) is 0 Å². The molecule has 2 heterocycles. The zero-order valence-corrected chi connectivity index (χ0v) is 10.0. The second-order valence-electron chi connectivity index (χ2n) is 4.07. The molecule has 3 rings (SSSR count). The fraction of sp³-hybridized carbons (Fsp3) is 0.273. The van der Waals surface area contributed by atoms with Gasteiger partial charge in [0.05, 0.1) is 12.2 Å². The zero-order chi connectivity index (χ0) is 12.9. The van der Waals surface area contributed by atoms with E-state index in [1.165, 1.54) is 12.1 Å². The van der Waals surface area contributed by atoms with Crippen LogP contribution in [-0.2, 0) is 19.6 Å². The number of amides is 1. The normalized spacial score (nSPS) is 25.1. The SMILES string of the molecule is O=C1OCC[C@H]1N1C(=O)c2ccccc2S1(=O)=O. The van der Waals surface area contributed by atoms with Gasteiger partial charge in [-0.3, -0.25) is 4.79 Å². The van der Waals surface area contributed by atoms with E-state index in [4.69, 9.17) is 4.74 Å². The molecule has 1 fully saturated rings. The lowest BCUT2D eigenvalue weighted by Gasteiger charge is -2.18. The first-order valence-electron chi connectivity index (χ1n) is 5.38. The summed E-state index contributed by atoms with van der Waals surface area (Å²) in [6.45, 7) is 0.138. The Bertz CT molecular complexity index is 651. The van der Waals surface area contributed by atoms with Gasteiger partial charge < -0.3 is 4.74 Å². The maximum absolute atomic E-state index is 12.2. The van der Waals surface area contributed by atoms with Gasteiger partial charge in [-0.25, -0.2) is 17.5 Å². The molecule has 0 N–H and O–H groups in total. The fourth-order valence-electron chi connectivity index (χ4n) is 2.21. The average molecular weight is 267 g/mol. The maximum Gasteiger partial charge on any atom is 0.330 e. The average Bonchev–Trinajstić information content (AvgIpc) is 2.82. The molecule has 0 aromatic heterocycles. The van der Waals surface area contributed by atoms with Crippen molar-refractivity contribution in [2.75, 3.05) is 6.61 Å². The van der Waals surface area contributed by atoms with Gasteiger partial charge in [-0.05, 0) is 12.1 Å². The summed E-state index contributed by atoms with van der Waals surface area (Å²) in [6.07, 6.45) is 0.206. The lowest BCUT2D eigenvalue weighted by atomic mass is 10.2. The van der Waals surface area contributed by atoms with Crippen molar-refractivity contribution < 1.29 is 22.7 Å². The molecule has 7 heteroatoms. The van der Waals surface area contributed by atoms with Crippen molar-refractivity contribution in [1.29, 1.82) is 0 Å². The molecule has 94 valence electrons. The molecule has 1 atom stereocenters. The first-order valence-corrected chi connectivity index (χ1v) is 6.82. The van der Waals surface area contributed by atoms with Crippen molar-refractivity contribution in [2.24, 2.45) is 0 Å². The molecule has 1 amide bonds. The summed E-state index contributed by atoms with van der Waals surface area (Å²) in [5.41, 5.74) is 0.109. The van der Waals surface area contributed by atoms with Crippen LogP contribution in [0.15, 0.2) is 29.2 Å². The van der Waals surface area contributed by atoms with Crippen LogP contribution in [0.4, 0.5) is 0 Å². The molecule has 0 spiro atoms. The highest BCUT2D eigenvalue weighted by molar-refractivity contribution is 7.90. The number of ether oxygens (including phenoxy) is 1. The Labute approximate surface area is 103 Å². The predicted octanol–water partition coefficient (Wildman–Crippen LogP) is 0.147. The Morgan fingerprint density at radius 2 is 1.94 bits per heavy atom. The molecule has 1 saturated heterocycles. The fourth-order valence-corrected chi connectivity index (χ4v) is 3.95. The molecule has 0 aliphatic carbocycles. The second kappa shape index (κ2) is 3.55. The van der Waals surface area contributed by atoms with E-state index in [1.807, 2.05) is 0 Å². The third kappa shape index (κ3) is 1.30. The minimum absolute atomic E-state index is 0.0466. The molecular weight excluding hydrogens is 258 g/mol. The summed E-state index contributed by atoms with van der Waals surface area (Å²) >= 11 is 0. The van der Waals surface area contributed by atoms with E-state index in [0.717, 1.165) is 0 Å². The van der Waals surface area contributed by atoms with Crippen LogP contribution in [0.3, 0.4) is 0 Å². The van der Waals surface area contributed by atoms with E-state index < -0.39 is 27.9 Å². The van der Waals surface area contributed by atoms with Crippen LogP contribution in [0.25, 0.3) is 0 Å². The van der Waals surface area contributed by atoms with Crippen LogP contribution in [0.1, 0.15) is 16.8 Å². The predicted molar refractivity (Wildman–Crippen MR) is 59.2 cm³/mol. The van der Waals surface area contributed by atoms with Crippen LogP contribution in [0.2, 0.25) is 0 Å². The largest absolute Gasteiger partial charge is 0.464 e. The monoisotopic (exact) mass is 267 g/mol. The Morgan fingerprint density at radius 3 is 2.56 bits per heavy atom. The standard InChI is InChI=1S/C11H9NO5S/c13-10-7-3-1-2-4-9(7)18(15,16)12(10)8-5-6-17-11(8)14/h1-4,8H,5-6H2/t8-/m1/s1. The number of benzene rings is 1.